The van der Waals surface area contributed by atoms with Gasteiger partial charge in [-0.25, -0.2) is 0 Å². The van der Waals surface area contributed by atoms with Crippen molar-refractivity contribution in [1.29, 1.82) is 0 Å². The van der Waals surface area contributed by atoms with Gasteiger partial charge in [0, 0.05) is 18.0 Å². The van der Waals surface area contributed by atoms with Crippen LogP contribution in [0.25, 0.3) is 0 Å². The molecule has 0 radical (unpaired) electrons. The first-order valence-electron chi connectivity index (χ1n) is 7.30. The number of benzene rings is 1. The van der Waals surface area contributed by atoms with Gasteiger partial charge < -0.3 is 5.32 Å². The van der Waals surface area contributed by atoms with Crippen LogP contribution in [-0.2, 0) is 11.2 Å². The highest BCUT2D eigenvalue weighted by molar-refractivity contribution is 7.99. The van der Waals surface area contributed by atoms with E-state index in [0.717, 1.165) is 18.5 Å². The van der Waals surface area contributed by atoms with Gasteiger partial charge in [0.25, 0.3) is 0 Å². The lowest BCUT2D eigenvalue weighted by Gasteiger charge is -2.20. The maximum Gasteiger partial charge on any atom is 0.224 e. The topological polar surface area (TPSA) is 29.1 Å². The van der Waals surface area contributed by atoms with Crippen LogP contribution in [0, 0.1) is 5.92 Å². The Bertz CT molecular complexity index is 432. The fourth-order valence-corrected chi connectivity index (χ4v) is 3.84. The van der Waals surface area contributed by atoms with Crippen LogP contribution >= 0.6 is 23.4 Å². The van der Waals surface area contributed by atoms with E-state index in [1.165, 1.54) is 29.9 Å². The van der Waals surface area contributed by atoms with E-state index in [9.17, 15) is 4.79 Å². The number of amides is 1. The Balaban J connectivity index is 1.83. The molecule has 1 saturated heterocycles. The second-order valence-electron chi connectivity index (χ2n) is 5.30. The van der Waals surface area contributed by atoms with Crippen LogP contribution in [0.3, 0.4) is 0 Å². The van der Waals surface area contributed by atoms with Gasteiger partial charge in [-0.2, -0.15) is 11.8 Å². The largest absolute Gasteiger partial charge is 0.326 e. The summed E-state index contributed by atoms with van der Waals surface area (Å²) in [7, 11) is 0. The van der Waals surface area contributed by atoms with Crippen LogP contribution in [0.15, 0.2) is 24.3 Å². The molecule has 1 aliphatic rings. The predicted molar refractivity (Wildman–Crippen MR) is 88.8 cm³/mol. The minimum Gasteiger partial charge on any atom is -0.326 e. The van der Waals surface area contributed by atoms with Crippen LogP contribution in [-0.4, -0.2) is 23.3 Å². The number of nitrogens with one attached hydrogen (secondary N) is 1. The van der Waals surface area contributed by atoms with Gasteiger partial charge in [0.2, 0.25) is 5.91 Å². The van der Waals surface area contributed by atoms with Crippen LogP contribution in [0.2, 0.25) is 0 Å². The third kappa shape index (κ3) is 5.37. The first-order valence-corrected chi connectivity index (χ1v) is 8.99. The lowest BCUT2D eigenvalue weighted by atomic mass is 9.98. The lowest BCUT2D eigenvalue weighted by molar-refractivity contribution is -0.117. The Hall–Kier alpha value is -0.670. The summed E-state index contributed by atoms with van der Waals surface area (Å²) in [6.07, 6.45) is 4.94. The Morgan fingerprint density at radius 2 is 2.15 bits per heavy atom. The highest BCUT2D eigenvalue weighted by Crippen LogP contribution is 2.25. The van der Waals surface area contributed by atoms with Gasteiger partial charge in [0.05, 0.1) is 0 Å². The molecule has 0 aromatic heterocycles. The number of alkyl halides is 1. The molecule has 1 fully saturated rings. The molecule has 1 amide bonds. The third-order valence-electron chi connectivity index (χ3n) is 3.62. The van der Waals surface area contributed by atoms with E-state index < -0.39 is 0 Å². The van der Waals surface area contributed by atoms with E-state index in [2.05, 4.69) is 17.4 Å². The predicted octanol–water partition coefficient (Wildman–Crippen LogP) is 4.33. The summed E-state index contributed by atoms with van der Waals surface area (Å²) < 4.78 is 0. The van der Waals surface area contributed by atoms with E-state index in [1.54, 1.807) is 0 Å². The van der Waals surface area contributed by atoms with Gasteiger partial charge in [-0.15, -0.1) is 11.6 Å². The highest BCUT2D eigenvalue weighted by atomic mass is 35.5. The second kappa shape index (κ2) is 8.58. The molecule has 0 bridgehead atoms. The number of hydrogen-bond acceptors (Lipinski definition) is 2. The summed E-state index contributed by atoms with van der Waals surface area (Å²) in [4.78, 5) is 12.1. The van der Waals surface area contributed by atoms with Gasteiger partial charge in [0.1, 0.15) is 0 Å². The molecule has 110 valence electrons. The van der Waals surface area contributed by atoms with Crippen molar-refractivity contribution in [2.45, 2.75) is 32.1 Å². The van der Waals surface area contributed by atoms with E-state index in [1.807, 2.05) is 23.9 Å². The number of carbonyl (C=O) groups excluding carboxylic acids is 1. The van der Waals surface area contributed by atoms with Crippen molar-refractivity contribution in [2.24, 2.45) is 5.92 Å². The second-order valence-corrected chi connectivity index (χ2v) is 6.90. The van der Waals surface area contributed by atoms with Crippen LogP contribution < -0.4 is 5.32 Å². The zero-order valence-electron chi connectivity index (χ0n) is 11.7. The first-order chi connectivity index (χ1) is 9.78. The van der Waals surface area contributed by atoms with Crippen molar-refractivity contribution in [3.05, 3.63) is 29.8 Å². The molecule has 20 heavy (non-hydrogen) atoms. The molecule has 2 rings (SSSR count). The molecule has 0 spiro atoms. The average molecular weight is 312 g/mol. The first kappa shape index (κ1) is 15.7. The molecular weight excluding hydrogens is 290 g/mol. The quantitative estimate of drug-likeness (QED) is 0.792. The normalized spacial score (nSPS) is 16.1. The fraction of sp³-hybridized carbons (Fsp3) is 0.562. The Kier molecular flexibility index (Phi) is 6.74. The summed E-state index contributed by atoms with van der Waals surface area (Å²) in [5, 5.41) is 3.03. The van der Waals surface area contributed by atoms with Crippen LogP contribution in [0.5, 0.6) is 0 Å². The maximum absolute atomic E-state index is 12.1. The van der Waals surface area contributed by atoms with Gasteiger partial charge in [0.15, 0.2) is 0 Å². The Morgan fingerprint density at radius 1 is 1.35 bits per heavy atom. The number of thioether (sulfide) groups is 1. The highest BCUT2D eigenvalue weighted by Gasteiger charge is 2.17. The Labute approximate surface area is 130 Å². The molecule has 1 aromatic rings. The van der Waals surface area contributed by atoms with Gasteiger partial charge in [-0.3, -0.25) is 4.79 Å². The number of rotatable bonds is 6. The van der Waals surface area contributed by atoms with E-state index >= 15 is 0 Å². The van der Waals surface area contributed by atoms with Gasteiger partial charge in [-0.05, 0) is 60.8 Å². The molecule has 4 heteroatoms. The van der Waals surface area contributed by atoms with Crippen molar-refractivity contribution in [1.82, 2.24) is 0 Å². The molecule has 0 saturated carbocycles. The molecule has 1 heterocycles. The van der Waals surface area contributed by atoms with Gasteiger partial charge >= 0.3 is 0 Å². The summed E-state index contributed by atoms with van der Waals surface area (Å²) in [5.74, 6) is 3.79. The maximum atomic E-state index is 12.1. The third-order valence-corrected chi connectivity index (χ3v) is 4.94. The minimum atomic E-state index is 0.149. The standard InChI is InChI=1S/C16H22ClNOS/c17-8-2-4-13-3-1-5-15(11-13)18-16(19)12-14-6-9-20-10-7-14/h1,3,5,11,14H,2,4,6-10,12H2,(H,18,19). The van der Waals surface area contributed by atoms with E-state index in [0.29, 0.717) is 18.2 Å². The fourth-order valence-electron chi connectivity index (χ4n) is 2.50. The van der Waals surface area contributed by atoms with Crippen LogP contribution in [0.4, 0.5) is 5.69 Å². The number of hydrogen-bond donors (Lipinski definition) is 1. The van der Waals surface area contributed by atoms with Crippen molar-refractivity contribution >= 4 is 35.0 Å². The van der Waals surface area contributed by atoms with Crippen molar-refractivity contribution in [2.75, 3.05) is 22.7 Å². The smallest absolute Gasteiger partial charge is 0.224 e. The molecule has 1 aliphatic heterocycles. The summed E-state index contributed by atoms with van der Waals surface area (Å²) >= 11 is 7.71. The molecular formula is C16H22ClNOS. The summed E-state index contributed by atoms with van der Waals surface area (Å²) in [5.41, 5.74) is 2.14. The van der Waals surface area contributed by atoms with Crippen molar-refractivity contribution in [3.8, 4) is 0 Å². The molecule has 1 aromatic carbocycles. The van der Waals surface area contributed by atoms with Gasteiger partial charge in [-0.1, -0.05) is 12.1 Å². The number of carbonyl (C=O) groups is 1. The monoisotopic (exact) mass is 311 g/mol. The summed E-state index contributed by atoms with van der Waals surface area (Å²) in [6, 6.07) is 8.09. The molecule has 2 nitrogen and oxygen atoms in total. The minimum absolute atomic E-state index is 0.149. The molecule has 0 unspecified atom stereocenters. The lowest BCUT2D eigenvalue weighted by Crippen LogP contribution is -2.19. The number of halogens is 1. The van der Waals surface area contributed by atoms with E-state index in [4.69, 9.17) is 11.6 Å². The molecule has 0 atom stereocenters. The van der Waals surface area contributed by atoms with Crippen LogP contribution in [0.1, 0.15) is 31.2 Å². The number of anilines is 1. The SMILES string of the molecule is O=C(CC1CCSCC1)Nc1cccc(CCCCl)c1. The Morgan fingerprint density at radius 3 is 2.90 bits per heavy atom. The van der Waals surface area contributed by atoms with E-state index in [-0.39, 0.29) is 5.91 Å². The van der Waals surface area contributed by atoms with Crippen molar-refractivity contribution < 1.29 is 4.79 Å². The summed E-state index contributed by atoms with van der Waals surface area (Å²) in [6.45, 7) is 0. The molecule has 0 aliphatic carbocycles. The molecule has 1 N–H and O–H groups in total. The zero-order valence-corrected chi connectivity index (χ0v) is 13.3. The zero-order chi connectivity index (χ0) is 14.2. The number of aryl methyl sites for hydroxylation is 1. The van der Waals surface area contributed by atoms with Crippen molar-refractivity contribution in [3.63, 3.8) is 0 Å². The average Bonchev–Trinajstić information content (AvgIpc) is 2.46.